The molecule has 1 aliphatic rings. The number of nitrogens with one attached hydrogen (secondary N) is 1. The molecule has 0 aliphatic carbocycles. The first-order chi connectivity index (χ1) is 12.8. The first-order valence-corrected chi connectivity index (χ1v) is 8.69. The average molecular weight is 400 g/mol. The quantitative estimate of drug-likeness (QED) is 0.834. The summed E-state index contributed by atoms with van der Waals surface area (Å²) in [5.41, 5.74) is -0.733. The number of alkyl halides is 3. The molecule has 1 fully saturated rings. The van der Waals surface area contributed by atoms with E-state index in [1.807, 2.05) is 0 Å². The second kappa shape index (κ2) is 7.61. The second-order valence-corrected chi connectivity index (χ2v) is 6.94. The fourth-order valence-electron chi connectivity index (χ4n) is 2.68. The van der Waals surface area contributed by atoms with E-state index >= 15 is 0 Å². The summed E-state index contributed by atoms with van der Waals surface area (Å²) in [5.74, 6) is -1.54. The van der Waals surface area contributed by atoms with Gasteiger partial charge in [-0.05, 0) is 18.2 Å². The van der Waals surface area contributed by atoms with Crippen LogP contribution in [0, 0.1) is 5.92 Å². The van der Waals surface area contributed by atoms with Crippen LogP contribution in [0.3, 0.4) is 0 Å². The number of carbonyl (C=O) groups excluding carboxylic acids is 2. The van der Waals surface area contributed by atoms with Crippen LogP contribution in [-0.4, -0.2) is 35.7 Å². The summed E-state index contributed by atoms with van der Waals surface area (Å²) in [7, 11) is 1.51. The Morgan fingerprint density at radius 1 is 1.41 bits per heavy atom. The van der Waals surface area contributed by atoms with E-state index in [1.54, 1.807) is 0 Å². The van der Waals surface area contributed by atoms with Crippen molar-refractivity contribution in [3.05, 3.63) is 34.8 Å². The molecule has 0 bridgehead atoms. The SMILES string of the molecule is COCc1nnc(NC(=O)[C@@H]2CC(=O)N(c3cccc(C(F)(F)F)c3)C2)s1. The molecule has 27 heavy (non-hydrogen) atoms. The van der Waals surface area contributed by atoms with Crippen molar-refractivity contribution in [2.75, 3.05) is 23.9 Å². The lowest BCUT2D eigenvalue weighted by Crippen LogP contribution is -2.28. The zero-order valence-corrected chi connectivity index (χ0v) is 14.9. The van der Waals surface area contributed by atoms with Gasteiger partial charge in [0.05, 0.1) is 11.5 Å². The molecule has 1 aliphatic heterocycles. The van der Waals surface area contributed by atoms with Gasteiger partial charge in [0.1, 0.15) is 11.6 Å². The Kier molecular flexibility index (Phi) is 5.42. The Balaban J connectivity index is 1.68. The van der Waals surface area contributed by atoms with Gasteiger partial charge in [0.2, 0.25) is 16.9 Å². The molecule has 0 saturated carbocycles. The summed E-state index contributed by atoms with van der Waals surface area (Å²) >= 11 is 1.14. The standard InChI is InChI=1S/C16H15F3N4O3S/c1-26-8-12-21-22-15(27-12)20-14(25)9-5-13(24)23(7-9)11-4-2-3-10(6-11)16(17,18)19/h2-4,6,9H,5,7-8H2,1H3,(H,20,22,25)/t9-/m1/s1. The number of nitrogens with zero attached hydrogens (tertiary/aromatic N) is 3. The van der Waals surface area contributed by atoms with Crippen LogP contribution in [0.25, 0.3) is 0 Å². The number of amides is 2. The van der Waals surface area contributed by atoms with E-state index in [1.165, 1.54) is 24.1 Å². The maximum absolute atomic E-state index is 12.9. The van der Waals surface area contributed by atoms with Crippen LogP contribution in [0.5, 0.6) is 0 Å². The smallest absolute Gasteiger partial charge is 0.377 e. The summed E-state index contributed by atoms with van der Waals surface area (Å²) in [5, 5.41) is 11.1. The molecule has 1 atom stereocenters. The Morgan fingerprint density at radius 2 is 2.19 bits per heavy atom. The minimum atomic E-state index is -4.51. The Hall–Kier alpha value is -2.53. The van der Waals surface area contributed by atoms with Gasteiger partial charge in [-0.2, -0.15) is 13.2 Å². The number of hydrogen-bond donors (Lipinski definition) is 1. The minimum absolute atomic E-state index is 0.00426. The highest BCUT2D eigenvalue weighted by molar-refractivity contribution is 7.15. The van der Waals surface area contributed by atoms with E-state index < -0.39 is 29.5 Å². The van der Waals surface area contributed by atoms with E-state index in [0.717, 1.165) is 23.5 Å². The summed E-state index contributed by atoms with van der Waals surface area (Å²) in [6.07, 6.45) is -4.60. The monoisotopic (exact) mass is 400 g/mol. The van der Waals surface area contributed by atoms with Crippen LogP contribution in [0.2, 0.25) is 0 Å². The molecule has 0 spiro atoms. The molecular formula is C16H15F3N4O3S. The number of rotatable bonds is 5. The number of hydrogen-bond acceptors (Lipinski definition) is 6. The number of benzene rings is 1. The van der Waals surface area contributed by atoms with Gasteiger partial charge in [0.25, 0.3) is 0 Å². The molecule has 2 amide bonds. The maximum Gasteiger partial charge on any atom is 0.416 e. The van der Waals surface area contributed by atoms with Crippen molar-refractivity contribution in [1.82, 2.24) is 10.2 Å². The van der Waals surface area contributed by atoms with Crippen molar-refractivity contribution in [1.29, 1.82) is 0 Å². The summed E-state index contributed by atoms with van der Waals surface area (Å²) in [6, 6.07) is 4.48. The zero-order chi connectivity index (χ0) is 19.6. The van der Waals surface area contributed by atoms with E-state index in [-0.39, 0.29) is 30.4 Å². The van der Waals surface area contributed by atoms with Crippen molar-refractivity contribution in [3.8, 4) is 0 Å². The molecule has 3 rings (SSSR count). The lowest BCUT2D eigenvalue weighted by atomic mass is 10.1. The van der Waals surface area contributed by atoms with Gasteiger partial charge >= 0.3 is 6.18 Å². The van der Waals surface area contributed by atoms with Gasteiger partial charge < -0.3 is 15.0 Å². The zero-order valence-electron chi connectivity index (χ0n) is 14.1. The maximum atomic E-state index is 12.9. The molecule has 7 nitrogen and oxygen atoms in total. The van der Waals surface area contributed by atoms with E-state index in [2.05, 4.69) is 15.5 Å². The van der Waals surface area contributed by atoms with Crippen LogP contribution in [-0.2, 0) is 27.1 Å². The first-order valence-electron chi connectivity index (χ1n) is 7.87. The first kappa shape index (κ1) is 19.2. The number of halogens is 3. The van der Waals surface area contributed by atoms with E-state index in [4.69, 9.17) is 4.74 Å². The van der Waals surface area contributed by atoms with Gasteiger partial charge in [-0.15, -0.1) is 10.2 Å². The Morgan fingerprint density at radius 3 is 2.89 bits per heavy atom. The van der Waals surface area contributed by atoms with Crippen LogP contribution in [0.15, 0.2) is 24.3 Å². The molecule has 1 aromatic carbocycles. The molecular weight excluding hydrogens is 385 g/mol. The largest absolute Gasteiger partial charge is 0.416 e. The minimum Gasteiger partial charge on any atom is -0.377 e. The summed E-state index contributed by atoms with van der Waals surface area (Å²) in [4.78, 5) is 25.8. The lowest BCUT2D eigenvalue weighted by Gasteiger charge is -2.18. The highest BCUT2D eigenvalue weighted by Crippen LogP contribution is 2.33. The molecule has 11 heteroatoms. The second-order valence-electron chi connectivity index (χ2n) is 5.88. The molecule has 1 N–H and O–H groups in total. The Bertz CT molecular complexity index is 855. The molecule has 1 saturated heterocycles. The number of aromatic nitrogens is 2. The third kappa shape index (κ3) is 4.42. The summed E-state index contributed by atoms with van der Waals surface area (Å²) < 4.78 is 43.5. The van der Waals surface area contributed by atoms with Crippen molar-refractivity contribution >= 4 is 34.0 Å². The van der Waals surface area contributed by atoms with Crippen molar-refractivity contribution < 1.29 is 27.5 Å². The van der Waals surface area contributed by atoms with Crippen molar-refractivity contribution in [2.24, 2.45) is 5.92 Å². The van der Waals surface area contributed by atoms with E-state index in [9.17, 15) is 22.8 Å². The highest BCUT2D eigenvalue weighted by atomic mass is 32.1. The Labute approximate surface area is 156 Å². The normalized spacial score (nSPS) is 17.4. The number of carbonyl (C=O) groups is 2. The van der Waals surface area contributed by atoms with Crippen LogP contribution >= 0.6 is 11.3 Å². The van der Waals surface area contributed by atoms with E-state index in [0.29, 0.717) is 5.01 Å². The number of methoxy groups -OCH3 is 1. The summed E-state index contributed by atoms with van der Waals surface area (Å²) in [6.45, 7) is 0.258. The number of anilines is 2. The van der Waals surface area contributed by atoms with Gasteiger partial charge in [-0.25, -0.2) is 0 Å². The molecule has 144 valence electrons. The van der Waals surface area contributed by atoms with Gasteiger partial charge in [0.15, 0.2) is 0 Å². The lowest BCUT2D eigenvalue weighted by molar-refractivity contribution is -0.137. The van der Waals surface area contributed by atoms with Crippen molar-refractivity contribution in [3.63, 3.8) is 0 Å². The van der Waals surface area contributed by atoms with Crippen molar-refractivity contribution in [2.45, 2.75) is 19.2 Å². The molecule has 2 heterocycles. The van der Waals surface area contributed by atoms with Gasteiger partial charge in [-0.3, -0.25) is 9.59 Å². The predicted octanol–water partition coefficient (Wildman–Crippen LogP) is 2.69. The van der Waals surface area contributed by atoms with Crippen LogP contribution in [0.1, 0.15) is 17.0 Å². The fourth-order valence-corrected chi connectivity index (χ4v) is 3.39. The molecule has 2 aromatic rings. The van der Waals surface area contributed by atoms with Gasteiger partial charge in [-0.1, -0.05) is 17.4 Å². The number of ether oxygens (including phenoxy) is 1. The fraction of sp³-hybridized carbons (Fsp3) is 0.375. The molecule has 1 aromatic heterocycles. The van der Waals surface area contributed by atoms with Crippen LogP contribution < -0.4 is 10.2 Å². The van der Waals surface area contributed by atoms with Gasteiger partial charge in [0, 0.05) is 25.8 Å². The van der Waals surface area contributed by atoms with Crippen LogP contribution in [0.4, 0.5) is 24.0 Å². The highest BCUT2D eigenvalue weighted by Gasteiger charge is 2.37. The third-order valence-electron chi connectivity index (χ3n) is 3.95. The third-order valence-corrected chi connectivity index (χ3v) is 4.76. The molecule has 0 unspecified atom stereocenters. The predicted molar refractivity (Wildman–Crippen MR) is 91.2 cm³/mol. The topological polar surface area (TPSA) is 84.4 Å². The average Bonchev–Trinajstić information content (AvgIpc) is 3.21. The molecule has 0 radical (unpaired) electrons.